The van der Waals surface area contributed by atoms with E-state index in [1.807, 2.05) is 0 Å². The van der Waals surface area contributed by atoms with Crippen molar-refractivity contribution in [1.82, 2.24) is 9.47 Å². The summed E-state index contributed by atoms with van der Waals surface area (Å²) in [5.41, 5.74) is 3.88. The lowest BCUT2D eigenvalue weighted by molar-refractivity contribution is 0.403. The van der Waals surface area contributed by atoms with Crippen molar-refractivity contribution in [2.24, 2.45) is 0 Å². The topological polar surface area (TPSA) is 20.2 Å². The average molecular weight is 257 g/mol. The van der Waals surface area contributed by atoms with Crippen molar-refractivity contribution < 1.29 is 0 Å². The highest BCUT2D eigenvalue weighted by molar-refractivity contribution is 5.51. The van der Waals surface area contributed by atoms with E-state index in [9.17, 15) is 0 Å². The quantitative estimate of drug-likeness (QED) is 0.857. The Morgan fingerprint density at radius 1 is 1.16 bits per heavy atom. The minimum Gasteiger partial charge on any atom is -0.381 e. The Bertz CT molecular complexity index is 514. The van der Waals surface area contributed by atoms with Gasteiger partial charge in [0.15, 0.2) is 0 Å². The number of anilines is 1. The van der Waals surface area contributed by atoms with Crippen LogP contribution in [0.5, 0.6) is 0 Å². The number of aryl methyl sites for hydroxylation is 1. The molecule has 102 valence electrons. The first-order chi connectivity index (χ1) is 9.19. The van der Waals surface area contributed by atoms with Crippen LogP contribution < -0.4 is 5.32 Å². The Morgan fingerprint density at radius 2 is 1.95 bits per heavy atom. The first-order valence-corrected chi connectivity index (χ1v) is 6.80. The van der Waals surface area contributed by atoms with Crippen LogP contribution in [0.25, 0.3) is 0 Å². The van der Waals surface area contributed by atoms with Crippen LogP contribution in [0.2, 0.25) is 0 Å². The van der Waals surface area contributed by atoms with Crippen molar-refractivity contribution in [3.63, 3.8) is 0 Å². The fraction of sp³-hybridized carbons (Fsp3) is 0.375. The lowest BCUT2D eigenvalue weighted by Crippen LogP contribution is -2.12. The highest BCUT2D eigenvalue weighted by atomic mass is 15.1. The van der Waals surface area contributed by atoms with Crippen LogP contribution in [0, 0.1) is 0 Å². The Morgan fingerprint density at radius 3 is 2.63 bits per heavy atom. The third-order valence-corrected chi connectivity index (χ3v) is 3.16. The SMILES string of the molecule is CCn1ccc(CNc2ccccc2CN(C)C)c1. The van der Waals surface area contributed by atoms with Gasteiger partial charge >= 0.3 is 0 Å². The van der Waals surface area contributed by atoms with Crippen molar-refractivity contribution in [2.75, 3.05) is 19.4 Å². The Kier molecular flexibility index (Phi) is 4.63. The molecule has 0 fully saturated rings. The summed E-state index contributed by atoms with van der Waals surface area (Å²) in [5.74, 6) is 0. The highest BCUT2D eigenvalue weighted by Crippen LogP contribution is 2.17. The second kappa shape index (κ2) is 6.43. The number of para-hydroxylation sites is 1. The third-order valence-electron chi connectivity index (χ3n) is 3.16. The number of benzene rings is 1. The van der Waals surface area contributed by atoms with Gasteiger partial charge in [-0.1, -0.05) is 18.2 Å². The fourth-order valence-corrected chi connectivity index (χ4v) is 2.16. The normalized spacial score (nSPS) is 10.9. The molecule has 0 aliphatic carbocycles. The maximum absolute atomic E-state index is 3.53. The second-order valence-corrected chi connectivity index (χ2v) is 5.10. The fourth-order valence-electron chi connectivity index (χ4n) is 2.16. The zero-order valence-electron chi connectivity index (χ0n) is 12.1. The summed E-state index contributed by atoms with van der Waals surface area (Å²) < 4.78 is 2.20. The lowest BCUT2D eigenvalue weighted by atomic mass is 10.1. The van der Waals surface area contributed by atoms with E-state index in [-0.39, 0.29) is 0 Å². The van der Waals surface area contributed by atoms with Crippen LogP contribution in [-0.2, 0) is 19.6 Å². The van der Waals surface area contributed by atoms with Gasteiger partial charge in [0, 0.05) is 37.7 Å². The summed E-state index contributed by atoms with van der Waals surface area (Å²) in [4.78, 5) is 2.19. The zero-order valence-corrected chi connectivity index (χ0v) is 12.1. The molecule has 0 radical (unpaired) electrons. The van der Waals surface area contributed by atoms with E-state index < -0.39 is 0 Å². The first-order valence-electron chi connectivity index (χ1n) is 6.80. The number of hydrogen-bond acceptors (Lipinski definition) is 2. The number of nitrogens with zero attached hydrogens (tertiary/aromatic N) is 2. The molecule has 0 saturated carbocycles. The van der Waals surface area contributed by atoms with Gasteiger partial charge in [0.25, 0.3) is 0 Å². The summed E-state index contributed by atoms with van der Waals surface area (Å²) in [6.07, 6.45) is 4.32. The van der Waals surface area contributed by atoms with E-state index in [0.717, 1.165) is 19.6 Å². The standard InChI is InChI=1S/C16H23N3/c1-4-19-10-9-14(12-19)11-17-16-8-6-5-7-15(16)13-18(2)3/h5-10,12,17H,4,11,13H2,1-3H3. The van der Waals surface area contributed by atoms with Crippen LogP contribution in [0.4, 0.5) is 5.69 Å². The largest absolute Gasteiger partial charge is 0.381 e. The molecule has 2 aromatic rings. The van der Waals surface area contributed by atoms with Crippen molar-refractivity contribution in [3.05, 3.63) is 53.9 Å². The predicted octanol–water partition coefficient (Wildman–Crippen LogP) is 3.18. The Labute approximate surface area is 115 Å². The molecule has 1 aromatic heterocycles. The van der Waals surface area contributed by atoms with Gasteiger partial charge in [0.2, 0.25) is 0 Å². The molecule has 0 atom stereocenters. The molecule has 0 aliphatic rings. The Balaban J connectivity index is 2.02. The predicted molar refractivity (Wildman–Crippen MR) is 81.3 cm³/mol. The lowest BCUT2D eigenvalue weighted by Gasteiger charge is -2.15. The maximum Gasteiger partial charge on any atom is 0.0415 e. The molecule has 0 bridgehead atoms. The molecular formula is C16H23N3. The van der Waals surface area contributed by atoms with E-state index in [2.05, 4.69) is 78.5 Å². The highest BCUT2D eigenvalue weighted by Gasteiger charge is 2.03. The molecule has 1 heterocycles. The zero-order chi connectivity index (χ0) is 13.7. The summed E-state index contributed by atoms with van der Waals surface area (Å²) >= 11 is 0. The van der Waals surface area contributed by atoms with E-state index in [1.165, 1.54) is 16.8 Å². The molecule has 0 unspecified atom stereocenters. The number of aromatic nitrogens is 1. The van der Waals surface area contributed by atoms with Gasteiger partial charge < -0.3 is 14.8 Å². The van der Waals surface area contributed by atoms with Crippen molar-refractivity contribution in [3.8, 4) is 0 Å². The first kappa shape index (κ1) is 13.7. The van der Waals surface area contributed by atoms with E-state index in [1.54, 1.807) is 0 Å². The number of rotatable bonds is 6. The molecule has 3 heteroatoms. The minimum absolute atomic E-state index is 0.872. The van der Waals surface area contributed by atoms with Crippen LogP contribution in [0.3, 0.4) is 0 Å². The van der Waals surface area contributed by atoms with E-state index in [0.29, 0.717) is 0 Å². The van der Waals surface area contributed by atoms with Crippen LogP contribution in [-0.4, -0.2) is 23.6 Å². The summed E-state index contributed by atoms with van der Waals surface area (Å²) in [5, 5.41) is 3.53. The van der Waals surface area contributed by atoms with Gasteiger partial charge in [-0.05, 0) is 44.3 Å². The Hall–Kier alpha value is -1.74. The number of hydrogen-bond donors (Lipinski definition) is 1. The minimum atomic E-state index is 0.872. The smallest absolute Gasteiger partial charge is 0.0415 e. The molecule has 0 spiro atoms. The third kappa shape index (κ3) is 3.86. The van der Waals surface area contributed by atoms with Gasteiger partial charge in [-0.25, -0.2) is 0 Å². The molecule has 2 rings (SSSR count). The van der Waals surface area contributed by atoms with Crippen LogP contribution in [0.15, 0.2) is 42.7 Å². The average Bonchev–Trinajstić information content (AvgIpc) is 2.85. The van der Waals surface area contributed by atoms with Crippen molar-refractivity contribution in [1.29, 1.82) is 0 Å². The van der Waals surface area contributed by atoms with Crippen molar-refractivity contribution in [2.45, 2.75) is 26.6 Å². The van der Waals surface area contributed by atoms with Gasteiger partial charge in [-0.3, -0.25) is 0 Å². The summed E-state index contributed by atoms with van der Waals surface area (Å²) in [6.45, 7) is 5.01. The van der Waals surface area contributed by atoms with Gasteiger partial charge in [0.05, 0.1) is 0 Å². The number of nitrogens with one attached hydrogen (secondary N) is 1. The van der Waals surface area contributed by atoms with Crippen LogP contribution >= 0.6 is 0 Å². The maximum atomic E-state index is 3.53. The molecule has 0 saturated heterocycles. The molecule has 1 N–H and O–H groups in total. The van der Waals surface area contributed by atoms with Gasteiger partial charge in [-0.15, -0.1) is 0 Å². The molecule has 1 aromatic carbocycles. The van der Waals surface area contributed by atoms with Crippen molar-refractivity contribution >= 4 is 5.69 Å². The van der Waals surface area contributed by atoms with E-state index >= 15 is 0 Å². The van der Waals surface area contributed by atoms with Gasteiger partial charge in [0.1, 0.15) is 0 Å². The molecule has 3 nitrogen and oxygen atoms in total. The van der Waals surface area contributed by atoms with Gasteiger partial charge in [-0.2, -0.15) is 0 Å². The second-order valence-electron chi connectivity index (χ2n) is 5.10. The molecule has 19 heavy (non-hydrogen) atoms. The molecule has 0 amide bonds. The summed E-state index contributed by atoms with van der Waals surface area (Å²) in [6, 6.07) is 10.7. The molecule has 0 aliphatic heterocycles. The monoisotopic (exact) mass is 257 g/mol. The van der Waals surface area contributed by atoms with Crippen LogP contribution in [0.1, 0.15) is 18.1 Å². The molecular weight excluding hydrogens is 234 g/mol. The summed E-state index contributed by atoms with van der Waals surface area (Å²) in [7, 11) is 4.19. The van der Waals surface area contributed by atoms with E-state index in [4.69, 9.17) is 0 Å².